The molecule has 100 valence electrons. The monoisotopic (exact) mass is 268 g/mol. The third kappa shape index (κ3) is 5.61. The topological polar surface area (TPSA) is 56.5 Å². The van der Waals surface area contributed by atoms with Gasteiger partial charge in [-0.15, -0.1) is 11.3 Å². The van der Waals surface area contributed by atoms with Crippen LogP contribution in [-0.4, -0.2) is 42.4 Å². The maximum absolute atomic E-state index is 9.82. The summed E-state index contributed by atoms with van der Waals surface area (Å²) in [6.07, 6.45) is -0.0460. The van der Waals surface area contributed by atoms with Crippen LogP contribution < -0.4 is 0 Å². The van der Waals surface area contributed by atoms with Crippen molar-refractivity contribution in [3.8, 4) is 6.07 Å². The Hall–Kier alpha value is -0.930. The number of nitrogens with zero attached hydrogens (tertiary/aromatic N) is 2. The zero-order valence-electron chi connectivity index (χ0n) is 10.9. The summed E-state index contributed by atoms with van der Waals surface area (Å²) < 4.78 is 5.45. The molecule has 0 fully saturated rings. The lowest BCUT2D eigenvalue weighted by atomic mass is 10.2. The van der Waals surface area contributed by atoms with E-state index in [0.29, 0.717) is 26.2 Å². The van der Waals surface area contributed by atoms with Gasteiger partial charge in [-0.2, -0.15) is 5.26 Å². The summed E-state index contributed by atoms with van der Waals surface area (Å²) in [5.74, 6) is 0. The van der Waals surface area contributed by atoms with E-state index in [0.717, 1.165) is 4.88 Å². The molecular formula is C13H20N2O2S. The number of likely N-dealkylation sites (N-methyl/N-ethyl adjacent to an activating group) is 1. The first-order valence-corrected chi connectivity index (χ1v) is 6.86. The maximum Gasteiger partial charge on any atom is 0.0900 e. The van der Waals surface area contributed by atoms with Gasteiger partial charge in [0.1, 0.15) is 0 Å². The quantitative estimate of drug-likeness (QED) is 0.782. The van der Waals surface area contributed by atoms with E-state index in [-0.39, 0.29) is 6.04 Å². The van der Waals surface area contributed by atoms with E-state index in [1.807, 2.05) is 36.4 Å². The predicted molar refractivity (Wildman–Crippen MR) is 72.3 cm³/mol. The second-order valence-corrected chi connectivity index (χ2v) is 5.43. The number of ether oxygens (including phenoxy) is 1. The van der Waals surface area contributed by atoms with Gasteiger partial charge in [0.05, 0.1) is 31.8 Å². The van der Waals surface area contributed by atoms with Crippen molar-refractivity contribution in [1.82, 2.24) is 4.90 Å². The minimum Gasteiger partial charge on any atom is -0.389 e. The van der Waals surface area contributed by atoms with Crippen LogP contribution in [0.25, 0.3) is 0 Å². The Morgan fingerprint density at radius 2 is 2.39 bits per heavy atom. The molecule has 2 atom stereocenters. The van der Waals surface area contributed by atoms with Gasteiger partial charge < -0.3 is 14.7 Å². The third-order valence-corrected chi connectivity index (χ3v) is 3.62. The molecule has 0 aromatic carbocycles. The largest absolute Gasteiger partial charge is 0.389 e. The average Bonchev–Trinajstić information content (AvgIpc) is 2.82. The minimum atomic E-state index is -0.517. The van der Waals surface area contributed by atoms with Gasteiger partial charge in [-0.3, -0.25) is 0 Å². The van der Waals surface area contributed by atoms with Crippen LogP contribution in [0.3, 0.4) is 0 Å². The minimum absolute atomic E-state index is 0.155. The molecule has 0 amide bonds. The Bertz CT molecular complexity index is 362. The summed E-state index contributed by atoms with van der Waals surface area (Å²) in [5.41, 5.74) is 0. The van der Waals surface area contributed by atoms with E-state index >= 15 is 0 Å². The lowest BCUT2D eigenvalue weighted by Crippen LogP contribution is -2.37. The molecule has 1 aromatic rings. The van der Waals surface area contributed by atoms with Crippen LogP contribution in [0.4, 0.5) is 0 Å². The zero-order valence-corrected chi connectivity index (χ0v) is 11.7. The number of hydrogen-bond donors (Lipinski definition) is 1. The molecule has 0 spiro atoms. The van der Waals surface area contributed by atoms with Crippen molar-refractivity contribution < 1.29 is 9.84 Å². The number of hydrogen-bond acceptors (Lipinski definition) is 5. The van der Waals surface area contributed by atoms with Gasteiger partial charge in [0.2, 0.25) is 0 Å². The van der Waals surface area contributed by atoms with E-state index in [2.05, 4.69) is 6.07 Å². The Morgan fingerprint density at radius 1 is 1.61 bits per heavy atom. The van der Waals surface area contributed by atoms with Crippen LogP contribution in [0.15, 0.2) is 17.5 Å². The highest BCUT2D eigenvalue weighted by Gasteiger charge is 2.13. The zero-order chi connectivity index (χ0) is 13.4. The molecule has 0 saturated heterocycles. The maximum atomic E-state index is 9.82. The van der Waals surface area contributed by atoms with Gasteiger partial charge in [0.15, 0.2) is 0 Å². The fourth-order valence-corrected chi connectivity index (χ4v) is 2.18. The number of thiophene rings is 1. The van der Waals surface area contributed by atoms with E-state index in [1.165, 1.54) is 0 Å². The highest BCUT2D eigenvalue weighted by molar-refractivity contribution is 7.09. The highest BCUT2D eigenvalue weighted by Crippen LogP contribution is 2.10. The first-order valence-electron chi connectivity index (χ1n) is 5.99. The van der Waals surface area contributed by atoms with E-state index in [9.17, 15) is 5.11 Å². The molecule has 18 heavy (non-hydrogen) atoms. The molecule has 0 radical (unpaired) electrons. The third-order valence-electron chi connectivity index (χ3n) is 2.77. The van der Waals surface area contributed by atoms with Crippen LogP contribution >= 0.6 is 11.3 Å². The van der Waals surface area contributed by atoms with Crippen molar-refractivity contribution in [3.05, 3.63) is 22.4 Å². The molecule has 0 aliphatic carbocycles. The molecule has 0 aliphatic rings. The van der Waals surface area contributed by atoms with Crippen molar-refractivity contribution in [2.75, 3.05) is 20.2 Å². The molecule has 5 heteroatoms. The van der Waals surface area contributed by atoms with Gasteiger partial charge in [0.25, 0.3) is 0 Å². The Kier molecular flexibility index (Phi) is 6.91. The predicted octanol–water partition coefficient (Wildman–Crippen LogP) is 1.86. The van der Waals surface area contributed by atoms with Crippen LogP contribution in [0.1, 0.15) is 18.2 Å². The smallest absolute Gasteiger partial charge is 0.0900 e. The number of nitriles is 1. The Balaban J connectivity index is 2.17. The normalized spacial score (nSPS) is 14.4. The summed E-state index contributed by atoms with van der Waals surface area (Å²) in [6, 6.07) is 6.28. The van der Waals surface area contributed by atoms with Crippen LogP contribution in [0.2, 0.25) is 0 Å². The van der Waals surface area contributed by atoms with Crippen LogP contribution in [-0.2, 0) is 11.3 Å². The van der Waals surface area contributed by atoms with Crippen molar-refractivity contribution in [3.63, 3.8) is 0 Å². The number of rotatable bonds is 8. The van der Waals surface area contributed by atoms with Gasteiger partial charge in [0, 0.05) is 17.5 Å². The Morgan fingerprint density at radius 3 is 3.00 bits per heavy atom. The lowest BCUT2D eigenvalue weighted by Gasteiger charge is -2.25. The molecule has 1 aromatic heterocycles. The van der Waals surface area contributed by atoms with Crippen molar-refractivity contribution in [1.29, 1.82) is 5.26 Å². The fourth-order valence-electron chi connectivity index (χ4n) is 1.54. The SMILES string of the molecule is CC(CC#N)N(C)CC(O)COCc1cccs1. The lowest BCUT2D eigenvalue weighted by molar-refractivity contribution is 0.00972. The van der Waals surface area contributed by atoms with Crippen molar-refractivity contribution in [2.45, 2.75) is 32.1 Å². The molecule has 1 rings (SSSR count). The standard InChI is InChI=1S/C13H20N2O2S/c1-11(5-6-14)15(2)8-12(16)9-17-10-13-4-3-7-18-13/h3-4,7,11-12,16H,5,8-10H2,1-2H3. The molecule has 2 unspecified atom stereocenters. The molecule has 1 N–H and O–H groups in total. The van der Waals surface area contributed by atoms with Crippen LogP contribution in [0, 0.1) is 11.3 Å². The molecule has 0 aliphatic heterocycles. The van der Waals surface area contributed by atoms with E-state index in [4.69, 9.17) is 10.00 Å². The van der Waals surface area contributed by atoms with E-state index < -0.39 is 6.10 Å². The second-order valence-electron chi connectivity index (χ2n) is 4.40. The summed E-state index contributed by atoms with van der Waals surface area (Å²) in [7, 11) is 1.91. The van der Waals surface area contributed by atoms with Gasteiger partial charge in [-0.1, -0.05) is 6.07 Å². The molecular weight excluding hydrogens is 248 g/mol. The van der Waals surface area contributed by atoms with Gasteiger partial charge in [-0.25, -0.2) is 0 Å². The molecule has 0 saturated carbocycles. The molecule has 1 heterocycles. The first kappa shape index (κ1) is 15.1. The van der Waals surface area contributed by atoms with Crippen molar-refractivity contribution in [2.24, 2.45) is 0 Å². The Labute approximate surface area is 112 Å². The molecule has 4 nitrogen and oxygen atoms in total. The van der Waals surface area contributed by atoms with Crippen LogP contribution in [0.5, 0.6) is 0 Å². The van der Waals surface area contributed by atoms with Crippen molar-refractivity contribution >= 4 is 11.3 Å². The van der Waals surface area contributed by atoms with E-state index in [1.54, 1.807) is 11.3 Å². The number of aliphatic hydroxyl groups is 1. The van der Waals surface area contributed by atoms with Gasteiger partial charge >= 0.3 is 0 Å². The first-order chi connectivity index (χ1) is 8.63. The second kappa shape index (κ2) is 8.22. The summed E-state index contributed by atoms with van der Waals surface area (Å²) in [5, 5.41) is 20.4. The summed E-state index contributed by atoms with van der Waals surface area (Å²) in [6.45, 7) is 3.36. The average molecular weight is 268 g/mol. The summed E-state index contributed by atoms with van der Waals surface area (Å²) >= 11 is 1.65. The number of aliphatic hydroxyl groups excluding tert-OH is 1. The fraction of sp³-hybridized carbons (Fsp3) is 0.615. The highest BCUT2D eigenvalue weighted by atomic mass is 32.1. The molecule has 0 bridgehead atoms. The van der Waals surface area contributed by atoms with Gasteiger partial charge in [-0.05, 0) is 25.4 Å². The summed E-state index contributed by atoms with van der Waals surface area (Å²) in [4.78, 5) is 3.14.